The molecular formula is C20H36N2O7. The lowest BCUT2D eigenvalue weighted by Crippen LogP contribution is -2.53. The standard InChI is InChI=1S/C20H36N2O7/c1-9-27-16(24)12-10-13(23)14(11(2)21-17(25)28-19(3,4)5)15(12)22-18(26)29-20(6,7)8/h11-15,23H,9-10H2,1-8H3,(H,21,25)(H,22,26)/t11-,12+,13+,14+,15+/m0/s1. The number of ether oxygens (including phenoxy) is 3. The first-order valence-electron chi connectivity index (χ1n) is 9.98. The van der Waals surface area contributed by atoms with Gasteiger partial charge in [-0.2, -0.15) is 0 Å². The van der Waals surface area contributed by atoms with Crippen LogP contribution in [0.1, 0.15) is 61.8 Å². The molecule has 1 aliphatic carbocycles. The molecule has 0 aliphatic heterocycles. The summed E-state index contributed by atoms with van der Waals surface area (Å²) in [6.45, 7) is 14.0. The number of hydrogen-bond acceptors (Lipinski definition) is 7. The summed E-state index contributed by atoms with van der Waals surface area (Å²) in [6.07, 6.45) is -2.19. The molecule has 3 N–H and O–H groups in total. The molecule has 168 valence electrons. The Morgan fingerprint density at radius 1 is 1.03 bits per heavy atom. The quantitative estimate of drug-likeness (QED) is 0.464. The Morgan fingerprint density at radius 2 is 1.55 bits per heavy atom. The van der Waals surface area contributed by atoms with Crippen LogP contribution in [0.2, 0.25) is 0 Å². The van der Waals surface area contributed by atoms with Gasteiger partial charge in [0.1, 0.15) is 11.2 Å². The molecule has 1 saturated carbocycles. The second kappa shape index (κ2) is 9.65. The van der Waals surface area contributed by atoms with Gasteiger partial charge < -0.3 is 30.0 Å². The number of carbonyl (C=O) groups excluding carboxylic acids is 3. The number of hydrogen-bond donors (Lipinski definition) is 3. The zero-order valence-electron chi connectivity index (χ0n) is 18.7. The molecule has 1 fully saturated rings. The van der Waals surface area contributed by atoms with E-state index in [0.29, 0.717) is 0 Å². The van der Waals surface area contributed by atoms with E-state index in [1.165, 1.54) is 0 Å². The van der Waals surface area contributed by atoms with E-state index in [-0.39, 0.29) is 13.0 Å². The van der Waals surface area contributed by atoms with E-state index in [4.69, 9.17) is 14.2 Å². The molecule has 0 spiro atoms. The van der Waals surface area contributed by atoms with Crippen molar-refractivity contribution < 1.29 is 33.7 Å². The molecule has 0 bridgehead atoms. The lowest BCUT2D eigenvalue weighted by Gasteiger charge is -2.32. The zero-order valence-corrected chi connectivity index (χ0v) is 18.7. The average Bonchev–Trinajstić information content (AvgIpc) is 2.79. The third-order valence-corrected chi connectivity index (χ3v) is 4.38. The highest BCUT2D eigenvalue weighted by Crippen LogP contribution is 2.35. The van der Waals surface area contributed by atoms with Crippen molar-refractivity contribution in [1.29, 1.82) is 0 Å². The molecule has 0 aromatic heterocycles. The number of nitrogens with one attached hydrogen (secondary N) is 2. The third-order valence-electron chi connectivity index (χ3n) is 4.38. The normalized spacial score (nSPS) is 25.7. The highest BCUT2D eigenvalue weighted by atomic mass is 16.6. The molecular weight excluding hydrogens is 380 g/mol. The van der Waals surface area contributed by atoms with Gasteiger partial charge in [-0.25, -0.2) is 9.59 Å². The van der Waals surface area contributed by atoms with Gasteiger partial charge in [0.2, 0.25) is 0 Å². The van der Waals surface area contributed by atoms with Crippen molar-refractivity contribution in [2.75, 3.05) is 6.61 Å². The zero-order chi connectivity index (χ0) is 22.6. The van der Waals surface area contributed by atoms with E-state index in [1.807, 2.05) is 0 Å². The maximum absolute atomic E-state index is 12.4. The van der Waals surface area contributed by atoms with Crippen LogP contribution in [0.4, 0.5) is 9.59 Å². The van der Waals surface area contributed by atoms with Gasteiger partial charge in [0.15, 0.2) is 0 Å². The van der Waals surface area contributed by atoms with E-state index in [1.54, 1.807) is 55.4 Å². The Balaban J connectivity index is 3.02. The molecule has 2 amide bonds. The van der Waals surface area contributed by atoms with Crippen LogP contribution in [0.5, 0.6) is 0 Å². The summed E-state index contributed by atoms with van der Waals surface area (Å²) in [5, 5.41) is 16.0. The van der Waals surface area contributed by atoms with Crippen molar-refractivity contribution in [2.24, 2.45) is 11.8 Å². The molecule has 9 nitrogen and oxygen atoms in total. The number of rotatable bonds is 5. The van der Waals surface area contributed by atoms with Gasteiger partial charge in [-0.1, -0.05) is 0 Å². The number of esters is 1. The first kappa shape index (κ1) is 25.0. The molecule has 1 aliphatic rings. The second-order valence-electron chi connectivity index (χ2n) is 9.35. The summed E-state index contributed by atoms with van der Waals surface area (Å²) >= 11 is 0. The molecule has 0 saturated heterocycles. The van der Waals surface area contributed by atoms with Crippen LogP contribution < -0.4 is 10.6 Å². The molecule has 9 heteroatoms. The first-order chi connectivity index (χ1) is 13.1. The molecule has 0 aromatic rings. The van der Waals surface area contributed by atoms with Crippen LogP contribution in [0.3, 0.4) is 0 Å². The number of aliphatic hydroxyl groups excluding tert-OH is 1. The van der Waals surface area contributed by atoms with Crippen molar-refractivity contribution >= 4 is 18.2 Å². The van der Waals surface area contributed by atoms with Gasteiger partial charge in [0, 0.05) is 12.0 Å². The van der Waals surface area contributed by atoms with Gasteiger partial charge in [-0.15, -0.1) is 0 Å². The Hall–Kier alpha value is -2.03. The van der Waals surface area contributed by atoms with Gasteiger partial charge in [-0.3, -0.25) is 4.79 Å². The largest absolute Gasteiger partial charge is 0.466 e. The fourth-order valence-corrected chi connectivity index (χ4v) is 3.44. The number of alkyl carbamates (subject to hydrolysis) is 2. The third kappa shape index (κ3) is 8.08. The summed E-state index contributed by atoms with van der Waals surface area (Å²) in [4.78, 5) is 36.9. The van der Waals surface area contributed by atoms with Crippen LogP contribution in [-0.2, 0) is 19.0 Å². The van der Waals surface area contributed by atoms with Crippen LogP contribution in [0.25, 0.3) is 0 Å². The summed E-state index contributed by atoms with van der Waals surface area (Å²) in [5.74, 6) is -1.91. The minimum absolute atomic E-state index is 0.101. The Morgan fingerprint density at radius 3 is 2.03 bits per heavy atom. The molecule has 0 radical (unpaired) electrons. The van der Waals surface area contributed by atoms with Crippen molar-refractivity contribution in [3.63, 3.8) is 0 Å². The fraction of sp³-hybridized carbons (Fsp3) is 0.850. The molecule has 29 heavy (non-hydrogen) atoms. The highest BCUT2D eigenvalue weighted by Gasteiger charge is 2.50. The molecule has 0 heterocycles. The number of carbonyl (C=O) groups is 3. The van der Waals surface area contributed by atoms with Gasteiger partial charge in [-0.05, 0) is 61.8 Å². The molecule has 1 rings (SSSR count). The van der Waals surface area contributed by atoms with Crippen molar-refractivity contribution in [3.05, 3.63) is 0 Å². The van der Waals surface area contributed by atoms with E-state index in [0.717, 1.165) is 0 Å². The minimum atomic E-state index is -0.936. The van der Waals surface area contributed by atoms with Crippen molar-refractivity contribution in [3.8, 4) is 0 Å². The first-order valence-corrected chi connectivity index (χ1v) is 9.98. The smallest absolute Gasteiger partial charge is 0.407 e. The number of aliphatic hydroxyl groups is 1. The lowest BCUT2D eigenvalue weighted by molar-refractivity contribution is -0.148. The lowest BCUT2D eigenvalue weighted by atomic mass is 9.91. The predicted octanol–water partition coefficient (Wildman–Crippen LogP) is 2.35. The van der Waals surface area contributed by atoms with Crippen molar-refractivity contribution in [2.45, 2.75) is 91.2 Å². The van der Waals surface area contributed by atoms with E-state index < -0.39 is 59.4 Å². The van der Waals surface area contributed by atoms with Crippen LogP contribution in [-0.4, -0.2) is 59.3 Å². The van der Waals surface area contributed by atoms with Crippen LogP contribution >= 0.6 is 0 Å². The van der Waals surface area contributed by atoms with E-state index in [2.05, 4.69) is 10.6 Å². The van der Waals surface area contributed by atoms with Gasteiger partial charge >= 0.3 is 18.2 Å². The monoisotopic (exact) mass is 416 g/mol. The summed E-state index contributed by atoms with van der Waals surface area (Å²) in [6, 6.07) is -1.36. The summed E-state index contributed by atoms with van der Waals surface area (Å²) in [5.41, 5.74) is -1.41. The Bertz CT molecular complexity index is 595. The van der Waals surface area contributed by atoms with Crippen molar-refractivity contribution in [1.82, 2.24) is 10.6 Å². The van der Waals surface area contributed by atoms with Gasteiger partial charge in [0.05, 0.1) is 24.7 Å². The maximum atomic E-state index is 12.4. The van der Waals surface area contributed by atoms with Crippen LogP contribution in [0.15, 0.2) is 0 Å². The average molecular weight is 417 g/mol. The van der Waals surface area contributed by atoms with E-state index in [9.17, 15) is 19.5 Å². The van der Waals surface area contributed by atoms with Gasteiger partial charge in [0.25, 0.3) is 0 Å². The summed E-state index contributed by atoms with van der Waals surface area (Å²) in [7, 11) is 0. The minimum Gasteiger partial charge on any atom is -0.466 e. The Kier molecular flexibility index (Phi) is 8.32. The topological polar surface area (TPSA) is 123 Å². The highest BCUT2D eigenvalue weighted by molar-refractivity contribution is 5.76. The molecule has 0 aromatic carbocycles. The molecule has 0 unspecified atom stereocenters. The SMILES string of the molecule is CCOC(=O)[C@@H]1C[C@@H](O)[C@@H]([C@H](C)NC(=O)OC(C)(C)C)[C@@H]1NC(=O)OC(C)(C)C. The molecule has 5 atom stereocenters. The summed E-state index contributed by atoms with van der Waals surface area (Å²) < 4.78 is 15.7. The van der Waals surface area contributed by atoms with Crippen LogP contribution in [0, 0.1) is 11.8 Å². The maximum Gasteiger partial charge on any atom is 0.407 e. The number of amides is 2. The fourth-order valence-electron chi connectivity index (χ4n) is 3.44. The second-order valence-corrected chi connectivity index (χ2v) is 9.35. The van der Waals surface area contributed by atoms with E-state index >= 15 is 0 Å². The Labute approximate surface area is 172 Å². The predicted molar refractivity (Wildman–Crippen MR) is 106 cm³/mol.